The van der Waals surface area contributed by atoms with Gasteiger partial charge in [-0.05, 0) is 17.6 Å². The molecule has 1 fully saturated rings. The van der Waals surface area contributed by atoms with Crippen molar-refractivity contribution in [3.63, 3.8) is 0 Å². The van der Waals surface area contributed by atoms with Crippen molar-refractivity contribution in [3.8, 4) is 5.75 Å². The maximum absolute atomic E-state index is 11.3. The van der Waals surface area contributed by atoms with Gasteiger partial charge in [-0.1, -0.05) is 12.1 Å². The number of hydrogen-bond donors (Lipinski definition) is 6. The lowest BCUT2D eigenvalue weighted by Crippen LogP contribution is -2.65. The van der Waals surface area contributed by atoms with E-state index >= 15 is 0 Å². The molecule has 0 aliphatic carbocycles. The highest BCUT2D eigenvalue weighted by molar-refractivity contribution is 6.58. The van der Waals surface area contributed by atoms with Crippen LogP contribution in [0.3, 0.4) is 0 Å². The molecule has 0 bridgehead atoms. The number of amides is 1. The quantitative estimate of drug-likeness (QED) is 0.305. The third-order valence-electron chi connectivity index (χ3n) is 3.68. The van der Waals surface area contributed by atoms with Crippen LogP contribution in [0.2, 0.25) is 0 Å². The molecule has 1 amide bonds. The van der Waals surface area contributed by atoms with Gasteiger partial charge in [0, 0.05) is 6.92 Å². The van der Waals surface area contributed by atoms with Crippen LogP contribution in [0.4, 0.5) is 0 Å². The molecule has 1 aliphatic rings. The predicted molar refractivity (Wildman–Crippen MR) is 82.3 cm³/mol. The van der Waals surface area contributed by atoms with Gasteiger partial charge in [-0.2, -0.15) is 0 Å². The minimum Gasteiger partial charge on any atom is -0.463 e. The first-order valence-corrected chi connectivity index (χ1v) is 7.35. The highest BCUT2D eigenvalue weighted by Gasteiger charge is 2.46. The van der Waals surface area contributed by atoms with Gasteiger partial charge in [-0.3, -0.25) is 4.79 Å². The highest BCUT2D eigenvalue weighted by atomic mass is 16.7. The van der Waals surface area contributed by atoms with Gasteiger partial charge in [0.05, 0.1) is 6.61 Å². The first-order chi connectivity index (χ1) is 11.3. The van der Waals surface area contributed by atoms with Crippen molar-refractivity contribution in [1.82, 2.24) is 5.32 Å². The molecule has 1 heterocycles. The molecule has 10 heteroatoms. The van der Waals surface area contributed by atoms with Gasteiger partial charge < -0.3 is 40.2 Å². The maximum Gasteiger partial charge on any atom is 0.488 e. The summed E-state index contributed by atoms with van der Waals surface area (Å²) in [4.78, 5) is 11.3. The van der Waals surface area contributed by atoms with Crippen molar-refractivity contribution in [3.05, 3.63) is 24.3 Å². The van der Waals surface area contributed by atoms with Gasteiger partial charge in [0.2, 0.25) is 12.2 Å². The Morgan fingerprint density at radius 2 is 1.88 bits per heavy atom. The van der Waals surface area contributed by atoms with Crippen LogP contribution in [0.1, 0.15) is 6.92 Å². The largest absolute Gasteiger partial charge is 0.488 e. The Labute approximate surface area is 138 Å². The summed E-state index contributed by atoms with van der Waals surface area (Å²) < 4.78 is 11.0. The van der Waals surface area contributed by atoms with Crippen molar-refractivity contribution in [2.75, 3.05) is 6.61 Å². The number of rotatable bonds is 5. The van der Waals surface area contributed by atoms with Gasteiger partial charge in [0.25, 0.3) is 0 Å². The lowest BCUT2D eigenvalue weighted by Gasteiger charge is -2.42. The Morgan fingerprint density at radius 1 is 1.25 bits per heavy atom. The summed E-state index contributed by atoms with van der Waals surface area (Å²) >= 11 is 0. The summed E-state index contributed by atoms with van der Waals surface area (Å²) in [6, 6.07) is 4.70. The zero-order valence-corrected chi connectivity index (χ0v) is 12.9. The molecule has 132 valence electrons. The molecule has 5 unspecified atom stereocenters. The van der Waals surface area contributed by atoms with Gasteiger partial charge in [-0.15, -0.1) is 0 Å². The first-order valence-electron chi connectivity index (χ1n) is 7.35. The number of aliphatic hydroxyl groups excluding tert-OH is 3. The zero-order valence-electron chi connectivity index (χ0n) is 12.9. The molecular formula is C14H20BNO8. The molecule has 5 atom stereocenters. The van der Waals surface area contributed by atoms with E-state index in [1.54, 1.807) is 0 Å². The fourth-order valence-electron chi connectivity index (χ4n) is 2.42. The Bertz CT molecular complexity index is 554. The Morgan fingerprint density at radius 3 is 2.38 bits per heavy atom. The molecule has 1 aliphatic heterocycles. The summed E-state index contributed by atoms with van der Waals surface area (Å²) in [5.41, 5.74) is 0.258. The predicted octanol–water partition coefficient (Wildman–Crippen LogP) is -3.31. The molecule has 0 aromatic heterocycles. The van der Waals surface area contributed by atoms with E-state index in [4.69, 9.17) is 19.5 Å². The molecule has 2 rings (SSSR count). The zero-order chi connectivity index (χ0) is 17.9. The summed E-state index contributed by atoms with van der Waals surface area (Å²) in [6.07, 6.45) is -5.02. The number of ether oxygens (including phenoxy) is 2. The topological polar surface area (TPSA) is 149 Å². The average Bonchev–Trinajstić information content (AvgIpc) is 2.54. The van der Waals surface area contributed by atoms with E-state index in [-0.39, 0.29) is 11.2 Å². The molecule has 1 aromatic rings. The third kappa shape index (κ3) is 4.23. The molecule has 0 saturated carbocycles. The molecular weight excluding hydrogens is 321 g/mol. The lowest BCUT2D eigenvalue weighted by atomic mass is 9.80. The van der Waals surface area contributed by atoms with Crippen LogP contribution in [-0.4, -0.2) is 75.6 Å². The summed E-state index contributed by atoms with van der Waals surface area (Å²) in [7, 11) is -1.62. The van der Waals surface area contributed by atoms with E-state index < -0.39 is 50.3 Å². The summed E-state index contributed by atoms with van der Waals surface area (Å²) in [5.74, 6) is -0.176. The molecule has 1 saturated heterocycles. The molecule has 24 heavy (non-hydrogen) atoms. The van der Waals surface area contributed by atoms with Crippen molar-refractivity contribution in [2.45, 2.75) is 37.6 Å². The van der Waals surface area contributed by atoms with Crippen LogP contribution in [0, 0.1) is 0 Å². The summed E-state index contributed by atoms with van der Waals surface area (Å²) in [5, 5.41) is 49.9. The average molecular weight is 341 g/mol. The highest BCUT2D eigenvalue weighted by Crippen LogP contribution is 2.24. The standard InChI is InChI=1S/C14H20BNO8/c1-7(18)16-11-13(20)12(19)10(6-17)24-14(11)23-9-4-2-8(3-5-9)15(21)22/h2-5,10-14,17,19-22H,6H2,1H3,(H,16,18). The van der Waals surface area contributed by atoms with Crippen molar-refractivity contribution < 1.29 is 39.6 Å². The van der Waals surface area contributed by atoms with E-state index in [1.807, 2.05) is 0 Å². The van der Waals surface area contributed by atoms with Gasteiger partial charge >= 0.3 is 7.12 Å². The number of nitrogens with one attached hydrogen (secondary N) is 1. The van der Waals surface area contributed by atoms with E-state index in [0.717, 1.165) is 0 Å². The second-order valence-corrected chi connectivity index (χ2v) is 5.49. The van der Waals surface area contributed by atoms with Crippen LogP contribution < -0.4 is 15.5 Å². The fourth-order valence-corrected chi connectivity index (χ4v) is 2.42. The maximum atomic E-state index is 11.3. The van der Waals surface area contributed by atoms with Gasteiger partial charge in [0.15, 0.2) is 0 Å². The number of carbonyl (C=O) groups excluding carboxylic acids is 1. The Balaban J connectivity index is 2.17. The van der Waals surface area contributed by atoms with Crippen molar-refractivity contribution in [1.29, 1.82) is 0 Å². The van der Waals surface area contributed by atoms with Crippen molar-refractivity contribution >= 4 is 18.5 Å². The van der Waals surface area contributed by atoms with Crippen LogP contribution >= 0.6 is 0 Å². The molecule has 1 aromatic carbocycles. The van der Waals surface area contributed by atoms with Gasteiger partial charge in [0.1, 0.15) is 30.1 Å². The van der Waals surface area contributed by atoms with E-state index in [0.29, 0.717) is 0 Å². The first kappa shape index (κ1) is 18.7. The van der Waals surface area contributed by atoms with Crippen molar-refractivity contribution in [2.24, 2.45) is 0 Å². The number of hydrogen-bond acceptors (Lipinski definition) is 8. The molecule has 6 N–H and O–H groups in total. The second kappa shape index (κ2) is 7.93. The number of aliphatic hydroxyl groups is 3. The monoisotopic (exact) mass is 341 g/mol. The Kier molecular flexibility index (Phi) is 6.16. The lowest BCUT2D eigenvalue weighted by molar-refractivity contribution is -0.244. The van der Waals surface area contributed by atoms with Crippen LogP contribution in [-0.2, 0) is 9.53 Å². The Hall–Kier alpha value is -1.69. The van der Waals surface area contributed by atoms with Gasteiger partial charge in [-0.25, -0.2) is 0 Å². The summed E-state index contributed by atoms with van der Waals surface area (Å²) in [6.45, 7) is 0.701. The van der Waals surface area contributed by atoms with Crippen LogP contribution in [0.15, 0.2) is 24.3 Å². The van der Waals surface area contributed by atoms with E-state index in [2.05, 4.69) is 5.32 Å². The smallest absolute Gasteiger partial charge is 0.463 e. The van der Waals surface area contributed by atoms with Crippen LogP contribution in [0.5, 0.6) is 5.75 Å². The minimum atomic E-state index is -1.62. The van der Waals surface area contributed by atoms with Crippen LogP contribution in [0.25, 0.3) is 0 Å². The fraction of sp³-hybridized carbons (Fsp3) is 0.500. The third-order valence-corrected chi connectivity index (χ3v) is 3.68. The SMILES string of the molecule is CC(=O)NC1C(Oc2ccc(B(O)O)cc2)OC(CO)C(O)C1O. The van der Waals surface area contributed by atoms with E-state index in [9.17, 15) is 20.1 Å². The number of carbonyl (C=O) groups is 1. The number of benzene rings is 1. The molecule has 0 radical (unpaired) electrons. The molecule has 9 nitrogen and oxygen atoms in total. The normalized spacial score (nSPS) is 29.8. The minimum absolute atomic E-state index is 0.258. The second-order valence-electron chi connectivity index (χ2n) is 5.49. The van der Waals surface area contributed by atoms with E-state index in [1.165, 1.54) is 31.2 Å². The molecule has 0 spiro atoms.